The van der Waals surface area contributed by atoms with Gasteiger partial charge in [0, 0.05) is 11.8 Å². The number of Topliss-reactive ketones (excluding diaryl/α,β-unsaturated/α-hetero) is 1. The first-order valence-electron chi connectivity index (χ1n) is 11.7. The lowest BCUT2D eigenvalue weighted by atomic mass is 9.69. The van der Waals surface area contributed by atoms with Gasteiger partial charge in [-0.3, -0.25) is 9.59 Å². The number of ketones is 1. The zero-order chi connectivity index (χ0) is 24.9. The standard InChI is InChI=1S/C24H42FNO6/c1-9-18-24(8,30)21(28)16(5)19(26-31-13-25)14(3)11-23(7,10-2)12-15(4)20(27)17(6)22(29)32-18/h14-18,21,28,30H,9-13H2,1-8H3/b26-19+/t14-,15-,16+,17?,18-,21?,23-,24-/m1/s1. The first kappa shape index (κ1) is 28.5. The van der Waals surface area contributed by atoms with Crippen LogP contribution in [0.25, 0.3) is 0 Å². The summed E-state index contributed by atoms with van der Waals surface area (Å²) >= 11 is 0. The van der Waals surface area contributed by atoms with Crippen molar-refractivity contribution < 1.29 is 33.8 Å². The lowest BCUT2D eigenvalue weighted by Gasteiger charge is -2.41. The van der Waals surface area contributed by atoms with Crippen molar-refractivity contribution >= 4 is 17.5 Å². The molecule has 0 spiro atoms. The van der Waals surface area contributed by atoms with E-state index in [0.29, 0.717) is 18.6 Å². The molecule has 1 rings (SSSR count). The van der Waals surface area contributed by atoms with Crippen LogP contribution in [0.1, 0.15) is 81.1 Å². The van der Waals surface area contributed by atoms with Gasteiger partial charge in [-0.25, -0.2) is 4.39 Å². The Morgan fingerprint density at radius 1 is 1.12 bits per heavy atom. The van der Waals surface area contributed by atoms with Crippen LogP contribution in [0.5, 0.6) is 0 Å². The number of carbonyl (C=O) groups is 2. The SMILES string of the molecule is CC[C@H]1OC(=O)C(C)C(=O)[C@H](C)C[C@](C)(CC)C[C@@H](C)/C(=N\OCF)[C@H](C)C(O)[C@]1(C)O. The number of cyclic esters (lactones) is 1. The van der Waals surface area contributed by atoms with Crippen molar-refractivity contribution in [3.63, 3.8) is 0 Å². The first-order valence-corrected chi connectivity index (χ1v) is 11.7. The van der Waals surface area contributed by atoms with Crippen LogP contribution in [0.2, 0.25) is 0 Å². The number of nitrogens with zero attached hydrogens (tertiary/aromatic N) is 1. The molecule has 0 amide bonds. The van der Waals surface area contributed by atoms with Crippen LogP contribution >= 0.6 is 0 Å². The normalized spacial score (nSPS) is 41.8. The molecule has 1 fully saturated rings. The minimum atomic E-state index is -1.83. The molecular formula is C24H42FNO6. The number of aliphatic hydroxyl groups excluding tert-OH is 1. The average Bonchev–Trinajstić information content (AvgIpc) is 2.74. The zero-order valence-electron chi connectivity index (χ0n) is 20.9. The molecule has 8 heteroatoms. The number of aliphatic hydroxyl groups is 2. The van der Waals surface area contributed by atoms with Crippen LogP contribution in [0, 0.1) is 29.1 Å². The van der Waals surface area contributed by atoms with Crippen molar-refractivity contribution in [3.8, 4) is 0 Å². The third-order valence-corrected chi connectivity index (χ3v) is 7.26. The molecule has 2 N–H and O–H groups in total. The fraction of sp³-hybridized carbons (Fsp3) is 0.875. The Kier molecular flexibility index (Phi) is 10.3. The summed E-state index contributed by atoms with van der Waals surface area (Å²) in [4.78, 5) is 30.5. The summed E-state index contributed by atoms with van der Waals surface area (Å²) in [5.74, 6) is -3.17. The van der Waals surface area contributed by atoms with Gasteiger partial charge in [-0.2, -0.15) is 0 Å². The highest BCUT2D eigenvalue weighted by Gasteiger charge is 2.47. The number of hydrogen-bond donors (Lipinski definition) is 2. The molecule has 2 unspecified atom stereocenters. The number of rotatable bonds is 4. The maximum Gasteiger partial charge on any atom is 0.316 e. The average molecular weight is 460 g/mol. The topological polar surface area (TPSA) is 105 Å². The van der Waals surface area contributed by atoms with E-state index in [9.17, 15) is 24.2 Å². The van der Waals surface area contributed by atoms with E-state index in [1.165, 1.54) is 13.8 Å². The molecule has 0 aliphatic carbocycles. The Morgan fingerprint density at radius 3 is 2.19 bits per heavy atom. The highest BCUT2D eigenvalue weighted by molar-refractivity contribution is 5.99. The molecule has 1 saturated heterocycles. The number of hydrogen-bond acceptors (Lipinski definition) is 7. The Morgan fingerprint density at radius 2 is 1.69 bits per heavy atom. The van der Waals surface area contributed by atoms with E-state index in [-0.39, 0.29) is 29.5 Å². The molecule has 8 atom stereocenters. The number of alkyl halides is 1. The fourth-order valence-electron chi connectivity index (χ4n) is 5.04. The van der Waals surface area contributed by atoms with E-state index >= 15 is 0 Å². The van der Waals surface area contributed by atoms with Crippen molar-refractivity contribution in [3.05, 3.63) is 0 Å². The van der Waals surface area contributed by atoms with E-state index in [1.54, 1.807) is 13.8 Å². The van der Waals surface area contributed by atoms with Crippen LogP contribution in [-0.4, -0.2) is 52.3 Å². The van der Waals surface area contributed by atoms with Gasteiger partial charge in [-0.05, 0) is 44.4 Å². The molecule has 0 bridgehead atoms. The second-order valence-corrected chi connectivity index (χ2v) is 10.0. The molecule has 1 aliphatic heterocycles. The quantitative estimate of drug-likeness (QED) is 0.373. The molecular weight excluding hydrogens is 417 g/mol. The summed E-state index contributed by atoms with van der Waals surface area (Å²) in [6.45, 7) is 13.1. The lowest BCUT2D eigenvalue weighted by Crippen LogP contribution is -2.56. The van der Waals surface area contributed by atoms with Crippen molar-refractivity contribution in [1.29, 1.82) is 0 Å². The van der Waals surface area contributed by atoms with Gasteiger partial charge in [0.05, 0.1) is 11.8 Å². The third kappa shape index (κ3) is 6.50. The van der Waals surface area contributed by atoms with Gasteiger partial charge in [0.25, 0.3) is 6.86 Å². The van der Waals surface area contributed by atoms with Crippen LogP contribution in [0.3, 0.4) is 0 Å². The molecule has 0 aromatic heterocycles. The Bertz CT molecular complexity index is 681. The maximum absolute atomic E-state index is 13.0. The Hall–Kier alpha value is -1.54. The van der Waals surface area contributed by atoms with Gasteiger partial charge >= 0.3 is 5.97 Å². The first-order chi connectivity index (χ1) is 14.8. The minimum absolute atomic E-state index is 0.211. The molecule has 0 radical (unpaired) electrons. The summed E-state index contributed by atoms with van der Waals surface area (Å²) < 4.78 is 18.3. The van der Waals surface area contributed by atoms with Gasteiger partial charge in [-0.15, -0.1) is 0 Å². The number of esters is 1. The van der Waals surface area contributed by atoms with Gasteiger partial charge in [0.2, 0.25) is 0 Å². The smallest absolute Gasteiger partial charge is 0.316 e. The predicted molar refractivity (Wildman–Crippen MR) is 121 cm³/mol. The highest BCUT2D eigenvalue weighted by atomic mass is 19.1. The van der Waals surface area contributed by atoms with Crippen LogP contribution in [0.4, 0.5) is 4.39 Å². The van der Waals surface area contributed by atoms with E-state index in [1.807, 2.05) is 20.8 Å². The Balaban J connectivity index is 3.55. The van der Waals surface area contributed by atoms with Crippen molar-refractivity contribution in [2.75, 3.05) is 6.86 Å². The van der Waals surface area contributed by atoms with Gasteiger partial charge < -0.3 is 19.8 Å². The van der Waals surface area contributed by atoms with E-state index in [0.717, 1.165) is 6.42 Å². The van der Waals surface area contributed by atoms with E-state index in [2.05, 4.69) is 12.1 Å². The minimum Gasteiger partial charge on any atom is -0.459 e. The van der Waals surface area contributed by atoms with Crippen molar-refractivity contribution in [2.24, 2.45) is 34.2 Å². The number of ether oxygens (including phenoxy) is 1. The van der Waals surface area contributed by atoms with Crippen LogP contribution < -0.4 is 0 Å². The molecule has 0 aromatic rings. The summed E-state index contributed by atoms with van der Waals surface area (Å²) in [5.41, 5.74) is -1.68. The summed E-state index contributed by atoms with van der Waals surface area (Å²) in [7, 11) is 0. The number of oxime groups is 1. The number of carbonyl (C=O) groups excluding carboxylic acids is 2. The lowest BCUT2D eigenvalue weighted by molar-refractivity contribution is -0.186. The van der Waals surface area contributed by atoms with Crippen LogP contribution in [0.15, 0.2) is 5.16 Å². The second-order valence-electron chi connectivity index (χ2n) is 10.0. The molecule has 0 aromatic carbocycles. The highest BCUT2D eigenvalue weighted by Crippen LogP contribution is 2.40. The predicted octanol–water partition coefficient (Wildman–Crippen LogP) is 4.04. The molecule has 32 heavy (non-hydrogen) atoms. The summed E-state index contributed by atoms with van der Waals surface area (Å²) in [6, 6.07) is 0. The largest absolute Gasteiger partial charge is 0.459 e. The molecule has 0 saturated carbocycles. The summed E-state index contributed by atoms with van der Waals surface area (Å²) in [5, 5.41) is 26.3. The fourth-order valence-corrected chi connectivity index (χ4v) is 5.04. The Labute approximate surface area is 191 Å². The van der Waals surface area contributed by atoms with Crippen LogP contribution in [-0.2, 0) is 19.2 Å². The van der Waals surface area contributed by atoms with Gasteiger partial charge in [-0.1, -0.05) is 53.1 Å². The van der Waals surface area contributed by atoms with E-state index < -0.39 is 42.5 Å². The maximum atomic E-state index is 13.0. The second kappa shape index (κ2) is 11.5. The number of halogens is 1. The van der Waals surface area contributed by atoms with Crippen molar-refractivity contribution in [2.45, 2.75) is 98.9 Å². The van der Waals surface area contributed by atoms with Crippen molar-refractivity contribution in [1.82, 2.24) is 0 Å². The zero-order valence-corrected chi connectivity index (χ0v) is 20.9. The monoisotopic (exact) mass is 459 g/mol. The van der Waals surface area contributed by atoms with E-state index in [4.69, 9.17) is 9.57 Å². The molecule has 7 nitrogen and oxygen atoms in total. The van der Waals surface area contributed by atoms with Gasteiger partial charge in [0.1, 0.15) is 23.4 Å². The molecule has 1 heterocycles. The van der Waals surface area contributed by atoms with Gasteiger partial charge in [0.15, 0.2) is 0 Å². The molecule has 1 aliphatic rings. The third-order valence-electron chi connectivity index (χ3n) is 7.26. The summed E-state index contributed by atoms with van der Waals surface area (Å²) in [6.07, 6.45) is -0.225. The molecule has 186 valence electrons.